The van der Waals surface area contributed by atoms with E-state index in [1.54, 1.807) is 40.1 Å². The molecule has 0 radical (unpaired) electrons. The maximum absolute atomic E-state index is 13.5. The molecule has 1 unspecified atom stereocenters. The van der Waals surface area contributed by atoms with E-state index in [2.05, 4.69) is 5.32 Å². The highest BCUT2D eigenvalue weighted by Gasteiger charge is 2.45. The molecule has 1 aromatic heterocycles. The highest BCUT2D eigenvalue weighted by molar-refractivity contribution is 6.35. The molecule has 4 heterocycles. The van der Waals surface area contributed by atoms with E-state index in [0.717, 1.165) is 0 Å². The Labute approximate surface area is 223 Å². The minimum atomic E-state index is -0.751. The average molecular weight is 546 g/mol. The van der Waals surface area contributed by atoms with Crippen molar-refractivity contribution >= 4 is 47.0 Å². The number of furan rings is 1. The summed E-state index contributed by atoms with van der Waals surface area (Å²) < 4.78 is 5.18. The monoisotopic (exact) mass is 545 g/mol. The van der Waals surface area contributed by atoms with E-state index in [1.165, 1.54) is 16.1 Å². The molecule has 1 fully saturated rings. The van der Waals surface area contributed by atoms with Crippen molar-refractivity contribution in [2.45, 2.75) is 13.0 Å². The first-order valence-corrected chi connectivity index (χ1v) is 12.7. The van der Waals surface area contributed by atoms with E-state index in [4.69, 9.17) is 27.6 Å². The Hall–Kier alpha value is -3.50. The van der Waals surface area contributed by atoms with Gasteiger partial charge in [0.05, 0.1) is 30.1 Å². The van der Waals surface area contributed by atoms with E-state index < -0.39 is 6.04 Å². The number of hydrogen-bond acceptors (Lipinski definition) is 5. The minimum absolute atomic E-state index is 0.134. The first-order valence-electron chi connectivity index (χ1n) is 11.9. The van der Waals surface area contributed by atoms with Crippen LogP contribution < -0.4 is 5.32 Å². The van der Waals surface area contributed by atoms with Crippen LogP contribution in [0.1, 0.15) is 29.1 Å². The second-order valence-corrected chi connectivity index (χ2v) is 9.81. The van der Waals surface area contributed by atoms with Crippen LogP contribution in [0.15, 0.2) is 52.3 Å². The molecule has 194 valence electrons. The minimum Gasteiger partial charge on any atom is -0.459 e. The maximum atomic E-state index is 13.5. The Morgan fingerprint density at radius 3 is 2.46 bits per heavy atom. The fourth-order valence-electron chi connectivity index (χ4n) is 4.96. The number of rotatable bonds is 5. The van der Waals surface area contributed by atoms with Crippen molar-refractivity contribution in [3.8, 4) is 0 Å². The van der Waals surface area contributed by atoms with Gasteiger partial charge >= 0.3 is 6.03 Å². The number of likely N-dealkylation sites (N-methyl/N-ethyl adjacent to an activating group) is 1. The third kappa shape index (κ3) is 4.67. The second kappa shape index (κ2) is 10.1. The third-order valence-corrected chi connectivity index (χ3v) is 7.43. The standard InChI is InChI=1S/C25H25Cl2N5O5/c1-2-32-18-13-31(14-20(33)29-7-9-30(10-8-29)23(34)19-4-3-11-37-19)24(35)21(18)22(28-25(32)36)16-6-5-15(26)12-17(16)27/h3-6,11-12,22H,2,7-10,13-14H2,1H3,(H,28,36). The lowest BCUT2D eigenvalue weighted by molar-refractivity contribution is -0.138. The van der Waals surface area contributed by atoms with Gasteiger partial charge in [0.15, 0.2) is 5.76 Å². The molecule has 12 heteroatoms. The van der Waals surface area contributed by atoms with Crippen LogP contribution >= 0.6 is 23.2 Å². The number of nitrogens with zero attached hydrogens (tertiary/aromatic N) is 4. The van der Waals surface area contributed by atoms with Crippen LogP contribution in [0.3, 0.4) is 0 Å². The van der Waals surface area contributed by atoms with Gasteiger partial charge in [0.25, 0.3) is 11.8 Å². The molecule has 1 saturated heterocycles. The normalized spacial score (nSPS) is 19.9. The molecular formula is C25H25Cl2N5O5. The Bertz CT molecular complexity index is 1290. The summed E-state index contributed by atoms with van der Waals surface area (Å²) in [6.45, 7) is 3.63. The van der Waals surface area contributed by atoms with Crippen molar-refractivity contribution in [1.82, 2.24) is 24.9 Å². The molecule has 37 heavy (non-hydrogen) atoms. The number of halogens is 2. The first kappa shape index (κ1) is 25.2. The van der Waals surface area contributed by atoms with Crippen LogP contribution in [0.25, 0.3) is 0 Å². The summed E-state index contributed by atoms with van der Waals surface area (Å²) in [6, 6.07) is 7.08. The molecule has 1 aromatic carbocycles. The lowest BCUT2D eigenvalue weighted by atomic mass is 9.95. The van der Waals surface area contributed by atoms with Gasteiger partial charge in [-0.25, -0.2) is 4.79 Å². The topological polar surface area (TPSA) is 106 Å². The number of carbonyl (C=O) groups excluding carboxylic acids is 4. The summed E-state index contributed by atoms with van der Waals surface area (Å²) in [5, 5.41) is 3.65. The van der Waals surface area contributed by atoms with E-state index in [0.29, 0.717) is 59.6 Å². The molecule has 3 aliphatic heterocycles. The van der Waals surface area contributed by atoms with Gasteiger partial charge in [-0.3, -0.25) is 19.3 Å². The molecular weight excluding hydrogens is 521 g/mol. The summed E-state index contributed by atoms with van der Waals surface area (Å²) in [5.41, 5.74) is 1.52. The van der Waals surface area contributed by atoms with Crippen molar-refractivity contribution < 1.29 is 23.6 Å². The zero-order chi connectivity index (χ0) is 26.3. The van der Waals surface area contributed by atoms with Gasteiger partial charge in [-0.15, -0.1) is 0 Å². The molecule has 0 bridgehead atoms. The number of urea groups is 1. The molecule has 0 spiro atoms. The predicted octanol–water partition coefficient (Wildman–Crippen LogP) is 2.75. The number of nitrogens with one attached hydrogen (secondary N) is 1. The summed E-state index contributed by atoms with van der Waals surface area (Å²) in [4.78, 5) is 58.3. The second-order valence-electron chi connectivity index (χ2n) is 8.96. The molecule has 10 nitrogen and oxygen atoms in total. The predicted molar refractivity (Wildman–Crippen MR) is 135 cm³/mol. The maximum Gasteiger partial charge on any atom is 0.322 e. The fourth-order valence-corrected chi connectivity index (χ4v) is 5.48. The largest absolute Gasteiger partial charge is 0.459 e. The van der Waals surface area contributed by atoms with E-state index >= 15 is 0 Å². The average Bonchev–Trinajstić information content (AvgIpc) is 3.52. The van der Waals surface area contributed by atoms with E-state index in [-0.39, 0.29) is 42.6 Å². The van der Waals surface area contributed by atoms with E-state index in [9.17, 15) is 19.2 Å². The van der Waals surface area contributed by atoms with Gasteiger partial charge in [0.1, 0.15) is 6.54 Å². The van der Waals surface area contributed by atoms with E-state index in [1.807, 2.05) is 6.92 Å². The van der Waals surface area contributed by atoms with Crippen LogP contribution in [0.4, 0.5) is 4.79 Å². The van der Waals surface area contributed by atoms with Gasteiger partial charge < -0.3 is 24.4 Å². The Kier molecular flexibility index (Phi) is 6.87. The SMILES string of the molecule is CCN1C(=O)NC(c2ccc(Cl)cc2Cl)C2=C1CN(CC(=O)N1CCN(C(=O)c3ccco3)CC1)C2=O. The van der Waals surface area contributed by atoms with Gasteiger partial charge in [-0.05, 0) is 36.8 Å². The zero-order valence-electron chi connectivity index (χ0n) is 20.1. The van der Waals surface area contributed by atoms with Gasteiger partial charge in [-0.1, -0.05) is 29.3 Å². The van der Waals surface area contributed by atoms with Crippen LogP contribution in [0.5, 0.6) is 0 Å². The summed E-state index contributed by atoms with van der Waals surface area (Å²) in [6.07, 6.45) is 1.45. The molecule has 5 amide bonds. The van der Waals surface area contributed by atoms with Crippen LogP contribution in [0.2, 0.25) is 10.0 Å². The van der Waals surface area contributed by atoms with Gasteiger partial charge in [-0.2, -0.15) is 0 Å². The fraction of sp³-hybridized carbons (Fsp3) is 0.360. The molecule has 2 aromatic rings. The van der Waals surface area contributed by atoms with Crippen molar-refractivity contribution in [2.24, 2.45) is 0 Å². The molecule has 0 saturated carbocycles. The number of piperazine rings is 1. The van der Waals surface area contributed by atoms with Crippen molar-refractivity contribution in [1.29, 1.82) is 0 Å². The van der Waals surface area contributed by atoms with Crippen molar-refractivity contribution in [2.75, 3.05) is 45.8 Å². The first-order chi connectivity index (χ1) is 17.8. The van der Waals surface area contributed by atoms with Crippen molar-refractivity contribution in [3.63, 3.8) is 0 Å². The number of benzene rings is 1. The Morgan fingerprint density at radius 2 is 1.81 bits per heavy atom. The summed E-state index contributed by atoms with van der Waals surface area (Å²) in [7, 11) is 0. The van der Waals surface area contributed by atoms with Crippen LogP contribution in [0, 0.1) is 0 Å². The smallest absolute Gasteiger partial charge is 0.322 e. The summed E-state index contributed by atoms with van der Waals surface area (Å²) >= 11 is 12.5. The Morgan fingerprint density at radius 1 is 1.08 bits per heavy atom. The van der Waals surface area contributed by atoms with Gasteiger partial charge in [0, 0.05) is 42.8 Å². The van der Waals surface area contributed by atoms with Crippen LogP contribution in [-0.4, -0.2) is 89.2 Å². The summed E-state index contributed by atoms with van der Waals surface area (Å²) in [5.74, 6) is -0.503. The van der Waals surface area contributed by atoms with Crippen molar-refractivity contribution in [3.05, 3.63) is 69.2 Å². The highest BCUT2D eigenvalue weighted by Crippen LogP contribution is 2.39. The number of carbonyl (C=O) groups is 4. The molecule has 3 aliphatic rings. The molecule has 0 aliphatic carbocycles. The number of amides is 5. The molecule has 5 rings (SSSR count). The van der Waals surface area contributed by atoms with Crippen LogP contribution in [-0.2, 0) is 9.59 Å². The van der Waals surface area contributed by atoms with Gasteiger partial charge in [0.2, 0.25) is 5.91 Å². The quantitative estimate of drug-likeness (QED) is 0.621. The Balaban J connectivity index is 1.29. The highest BCUT2D eigenvalue weighted by atomic mass is 35.5. The zero-order valence-corrected chi connectivity index (χ0v) is 21.6. The lowest BCUT2D eigenvalue weighted by Crippen LogP contribution is -2.52. The lowest BCUT2D eigenvalue weighted by Gasteiger charge is -2.35. The third-order valence-electron chi connectivity index (χ3n) is 6.86. The number of hydrogen-bond donors (Lipinski definition) is 1. The molecule has 1 N–H and O–H groups in total. The molecule has 1 atom stereocenters.